The standard InChI is InChI=1S/C17H23N5OS/c1-14-9-19-15(20-10-14)21-5-2-3-17(11-21)12-22(6-7-23-13-17)16-18-4-8-24-16/h4,8-10H,2-3,5-7,11-13H2,1H3. The highest BCUT2D eigenvalue weighted by Crippen LogP contribution is 2.35. The number of piperidine rings is 1. The van der Waals surface area contributed by atoms with Crippen LogP contribution in [-0.2, 0) is 4.74 Å². The maximum Gasteiger partial charge on any atom is 0.225 e. The average molecular weight is 345 g/mol. The van der Waals surface area contributed by atoms with Crippen molar-refractivity contribution in [2.24, 2.45) is 5.41 Å². The molecule has 0 aromatic carbocycles. The third kappa shape index (κ3) is 3.23. The van der Waals surface area contributed by atoms with Crippen LogP contribution in [0.25, 0.3) is 0 Å². The normalized spacial score (nSPS) is 25.0. The molecule has 6 nitrogen and oxygen atoms in total. The van der Waals surface area contributed by atoms with Crippen molar-refractivity contribution in [2.75, 3.05) is 49.2 Å². The van der Waals surface area contributed by atoms with E-state index in [9.17, 15) is 0 Å². The highest BCUT2D eigenvalue weighted by molar-refractivity contribution is 7.13. The summed E-state index contributed by atoms with van der Waals surface area (Å²) in [5.41, 5.74) is 1.22. The molecule has 7 heteroatoms. The molecule has 4 heterocycles. The van der Waals surface area contributed by atoms with Crippen LogP contribution < -0.4 is 9.80 Å². The largest absolute Gasteiger partial charge is 0.379 e. The van der Waals surface area contributed by atoms with Gasteiger partial charge in [0.25, 0.3) is 0 Å². The monoisotopic (exact) mass is 345 g/mol. The third-order valence-electron chi connectivity index (χ3n) is 4.84. The van der Waals surface area contributed by atoms with Gasteiger partial charge in [-0.25, -0.2) is 15.0 Å². The number of aromatic nitrogens is 3. The Bertz CT molecular complexity index is 662. The van der Waals surface area contributed by atoms with Gasteiger partial charge in [0.1, 0.15) is 0 Å². The van der Waals surface area contributed by atoms with E-state index in [0.29, 0.717) is 0 Å². The van der Waals surface area contributed by atoms with Crippen LogP contribution in [0.1, 0.15) is 18.4 Å². The molecule has 2 fully saturated rings. The number of rotatable bonds is 2. The van der Waals surface area contributed by atoms with Gasteiger partial charge in [0, 0.05) is 55.6 Å². The quantitative estimate of drug-likeness (QED) is 0.833. The molecule has 1 atom stereocenters. The summed E-state index contributed by atoms with van der Waals surface area (Å²) in [6, 6.07) is 0. The lowest BCUT2D eigenvalue weighted by Crippen LogP contribution is -2.51. The number of hydrogen-bond acceptors (Lipinski definition) is 7. The van der Waals surface area contributed by atoms with Crippen LogP contribution in [0.4, 0.5) is 11.1 Å². The molecule has 0 saturated carbocycles. The fourth-order valence-electron chi connectivity index (χ4n) is 3.70. The van der Waals surface area contributed by atoms with Crippen LogP contribution in [0.3, 0.4) is 0 Å². The summed E-state index contributed by atoms with van der Waals surface area (Å²) in [6.45, 7) is 7.45. The fourth-order valence-corrected chi connectivity index (χ4v) is 4.37. The second kappa shape index (κ2) is 6.64. The van der Waals surface area contributed by atoms with E-state index in [2.05, 4.69) is 24.8 Å². The SMILES string of the molecule is Cc1cnc(N2CCCC3(COCCN(c4nccs4)C3)C2)nc1. The highest BCUT2D eigenvalue weighted by atomic mass is 32.1. The molecular formula is C17H23N5OS. The summed E-state index contributed by atoms with van der Waals surface area (Å²) >= 11 is 1.71. The molecule has 0 amide bonds. The number of ether oxygens (including phenoxy) is 1. The topological polar surface area (TPSA) is 54.4 Å². The van der Waals surface area contributed by atoms with Crippen LogP contribution in [0.15, 0.2) is 24.0 Å². The molecule has 1 spiro atoms. The van der Waals surface area contributed by atoms with Crippen molar-refractivity contribution in [3.63, 3.8) is 0 Å². The molecule has 2 aliphatic heterocycles. The summed E-state index contributed by atoms with van der Waals surface area (Å²) in [5.74, 6) is 0.838. The Kier molecular flexibility index (Phi) is 4.37. The number of anilines is 2. The molecular weight excluding hydrogens is 322 g/mol. The van der Waals surface area contributed by atoms with E-state index in [4.69, 9.17) is 4.74 Å². The molecule has 128 valence electrons. The maximum absolute atomic E-state index is 5.99. The van der Waals surface area contributed by atoms with Gasteiger partial charge in [-0.3, -0.25) is 0 Å². The van der Waals surface area contributed by atoms with Crippen molar-refractivity contribution in [1.29, 1.82) is 0 Å². The Morgan fingerprint density at radius 2 is 1.96 bits per heavy atom. The second-order valence-electron chi connectivity index (χ2n) is 6.87. The summed E-state index contributed by atoms with van der Waals surface area (Å²) in [6.07, 6.45) is 8.00. The first-order chi connectivity index (χ1) is 11.7. The first-order valence-corrected chi connectivity index (χ1v) is 9.38. The zero-order valence-electron chi connectivity index (χ0n) is 14.0. The number of aryl methyl sites for hydroxylation is 1. The van der Waals surface area contributed by atoms with Gasteiger partial charge < -0.3 is 14.5 Å². The molecule has 2 aliphatic rings. The molecule has 0 N–H and O–H groups in total. The first kappa shape index (κ1) is 15.8. The lowest BCUT2D eigenvalue weighted by molar-refractivity contribution is 0.0596. The summed E-state index contributed by atoms with van der Waals surface area (Å²) in [7, 11) is 0. The fraction of sp³-hybridized carbons (Fsp3) is 0.588. The van der Waals surface area contributed by atoms with E-state index in [1.54, 1.807) is 11.3 Å². The van der Waals surface area contributed by atoms with Gasteiger partial charge in [-0.15, -0.1) is 11.3 Å². The molecule has 4 rings (SSSR count). The summed E-state index contributed by atoms with van der Waals surface area (Å²) in [5, 5.41) is 3.14. The predicted molar refractivity (Wildman–Crippen MR) is 95.8 cm³/mol. The highest BCUT2D eigenvalue weighted by Gasteiger charge is 2.40. The van der Waals surface area contributed by atoms with E-state index in [1.165, 1.54) is 6.42 Å². The Morgan fingerprint density at radius 1 is 1.12 bits per heavy atom. The molecule has 0 radical (unpaired) electrons. The Hall–Kier alpha value is -1.73. The van der Waals surface area contributed by atoms with Crippen molar-refractivity contribution in [3.05, 3.63) is 29.5 Å². The Balaban J connectivity index is 1.55. The molecule has 2 aromatic heterocycles. The van der Waals surface area contributed by atoms with E-state index in [-0.39, 0.29) is 5.41 Å². The number of nitrogens with zero attached hydrogens (tertiary/aromatic N) is 5. The smallest absolute Gasteiger partial charge is 0.225 e. The van der Waals surface area contributed by atoms with Crippen molar-refractivity contribution in [2.45, 2.75) is 19.8 Å². The van der Waals surface area contributed by atoms with E-state index in [1.807, 2.05) is 30.9 Å². The lowest BCUT2D eigenvalue weighted by atomic mass is 9.80. The Morgan fingerprint density at radius 3 is 2.75 bits per heavy atom. The van der Waals surface area contributed by atoms with E-state index >= 15 is 0 Å². The minimum Gasteiger partial charge on any atom is -0.379 e. The van der Waals surface area contributed by atoms with Gasteiger partial charge in [0.05, 0.1) is 13.2 Å². The molecule has 2 saturated heterocycles. The minimum absolute atomic E-state index is 0.120. The molecule has 1 unspecified atom stereocenters. The van der Waals surface area contributed by atoms with Gasteiger partial charge in [0.2, 0.25) is 5.95 Å². The van der Waals surface area contributed by atoms with Crippen LogP contribution in [0, 0.1) is 12.3 Å². The van der Waals surface area contributed by atoms with Gasteiger partial charge in [-0.2, -0.15) is 0 Å². The lowest BCUT2D eigenvalue weighted by Gasteiger charge is -2.43. The molecule has 2 aromatic rings. The predicted octanol–water partition coefficient (Wildman–Crippen LogP) is 2.36. The maximum atomic E-state index is 5.99. The zero-order valence-corrected chi connectivity index (χ0v) is 14.8. The van der Waals surface area contributed by atoms with E-state index < -0.39 is 0 Å². The second-order valence-corrected chi connectivity index (χ2v) is 7.75. The van der Waals surface area contributed by atoms with Crippen LogP contribution in [0.2, 0.25) is 0 Å². The number of hydrogen-bond donors (Lipinski definition) is 0. The molecule has 0 aliphatic carbocycles. The first-order valence-electron chi connectivity index (χ1n) is 8.50. The van der Waals surface area contributed by atoms with Gasteiger partial charge in [-0.05, 0) is 25.3 Å². The van der Waals surface area contributed by atoms with E-state index in [0.717, 1.165) is 62.5 Å². The summed E-state index contributed by atoms with van der Waals surface area (Å²) < 4.78 is 5.99. The van der Waals surface area contributed by atoms with Crippen LogP contribution in [-0.4, -0.2) is 54.3 Å². The van der Waals surface area contributed by atoms with Gasteiger partial charge in [-0.1, -0.05) is 0 Å². The number of thiazole rings is 1. The van der Waals surface area contributed by atoms with Crippen molar-refractivity contribution in [3.8, 4) is 0 Å². The van der Waals surface area contributed by atoms with Crippen molar-refractivity contribution >= 4 is 22.4 Å². The molecule has 0 bridgehead atoms. The zero-order chi connectivity index (χ0) is 16.4. The van der Waals surface area contributed by atoms with Gasteiger partial charge >= 0.3 is 0 Å². The van der Waals surface area contributed by atoms with Crippen LogP contribution >= 0.6 is 11.3 Å². The molecule has 24 heavy (non-hydrogen) atoms. The summed E-state index contributed by atoms with van der Waals surface area (Å²) in [4.78, 5) is 18.2. The minimum atomic E-state index is 0.120. The van der Waals surface area contributed by atoms with Crippen molar-refractivity contribution in [1.82, 2.24) is 15.0 Å². The third-order valence-corrected chi connectivity index (χ3v) is 5.67. The Labute approximate surface area is 146 Å². The average Bonchev–Trinajstić information content (AvgIpc) is 3.06. The van der Waals surface area contributed by atoms with Crippen molar-refractivity contribution < 1.29 is 4.74 Å². The van der Waals surface area contributed by atoms with Gasteiger partial charge in [0.15, 0.2) is 5.13 Å². The van der Waals surface area contributed by atoms with Crippen LogP contribution in [0.5, 0.6) is 0 Å².